The van der Waals surface area contributed by atoms with Crippen LogP contribution in [-0.2, 0) is 15.7 Å². The number of benzene rings is 1. The van der Waals surface area contributed by atoms with Gasteiger partial charge in [0, 0.05) is 5.92 Å². The van der Waals surface area contributed by atoms with Crippen molar-refractivity contribution in [3.05, 3.63) is 41.5 Å². The number of hydrogen-bond donors (Lipinski definition) is 0. The third kappa shape index (κ3) is 5.30. The molecule has 0 N–H and O–H groups in total. The molecule has 0 aromatic heterocycles. The molecule has 5 heteroatoms. The predicted molar refractivity (Wildman–Crippen MR) is 64.9 cm³/mol. The van der Waals surface area contributed by atoms with Gasteiger partial charge in [-0.15, -0.1) is 0 Å². The minimum atomic E-state index is -4.34. The van der Waals surface area contributed by atoms with E-state index in [1.54, 1.807) is 6.92 Å². The van der Waals surface area contributed by atoms with Crippen molar-refractivity contribution in [2.24, 2.45) is 0 Å². The Kier molecular flexibility index (Phi) is 5.19. The van der Waals surface area contributed by atoms with Crippen molar-refractivity contribution in [1.82, 2.24) is 0 Å². The van der Waals surface area contributed by atoms with Crippen LogP contribution in [0.25, 0.3) is 6.08 Å². The number of halogens is 3. The molecule has 1 aromatic carbocycles. The first-order valence-electron chi connectivity index (χ1n) is 5.45. The summed E-state index contributed by atoms with van der Waals surface area (Å²) in [6.45, 7) is 1.91. The van der Waals surface area contributed by atoms with Crippen LogP contribution in [0.2, 0.25) is 0 Å². The van der Waals surface area contributed by atoms with Gasteiger partial charge >= 0.3 is 12.1 Å². The Bertz CT molecular complexity index is 516. The van der Waals surface area contributed by atoms with Crippen LogP contribution in [0.5, 0.6) is 0 Å². The van der Waals surface area contributed by atoms with E-state index in [0.717, 1.165) is 12.1 Å². The molecule has 0 spiro atoms. The average Bonchev–Trinajstić information content (AvgIpc) is 2.34. The van der Waals surface area contributed by atoms with E-state index in [4.69, 9.17) is 0 Å². The molecule has 0 saturated carbocycles. The molecule has 0 unspecified atom stereocenters. The molecule has 19 heavy (non-hydrogen) atoms. The van der Waals surface area contributed by atoms with Gasteiger partial charge in [0.15, 0.2) is 0 Å². The van der Waals surface area contributed by atoms with Crippen molar-refractivity contribution in [2.45, 2.75) is 13.1 Å². The van der Waals surface area contributed by atoms with Crippen molar-refractivity contribution >= 4 is 12.0 Å². The molecule has 0 aliphatic rings. The highest BCUT2D eigenvalue weighted by Gasteiger charge is 2.29. The molecule has 0 bridgehead atoms. The van der Waals surface area contributed by atoms with Crippen LogP contribution < -0.4 is 0 Å². The van der Waals surface area contributed by atoms with E-state index in [9.17, 15) is 18.0 Å². The molecular weight excluding hydrogens is 257 g/mol. The zero-order chi connectivity index (χ0) is 14.3. The van der Waals surface area contributed by atoms with Gasteiger partial charge < -0.3 is 4.74 Å². The maximum atomic E-state index is 12.3. The van der Waals surface area contributed by atoms with Crippen LogP contribution in [-0.4, -0.2) is 12.6 Å². The largest absolute Gasteiger partial charge is 0.456 e. The normalized spacial score (nSPS) is 10.9. The molecule has 2 nitrogen and oxygen atoms in total. The number of esters is 1. The summed E-state index contributed by atoms with van der Waals surface area (Å²) in [6.07, 6.45) is -1.46. The summed E-state index contributed by atoms with van der Waals surface area (Å²) in [5.74, 6) is 4.01. The minimum Gasteiger partial charge on any atom is -0.456 e. The standard InChI is InChI=1S/C14H11F3O2/c1-2-19-13(18)6-4-3-5-11-7-9-12(10-8-11)14(15,16)17/h3,5,7-10H,2H2,1H3/b5-3+. The summed E-state index contributed by atoms with van der Waals surface area (Å²) in [4.78, 5) is 10.9. The number of ether oxygens (including phenoxy) is 1. The molecule has 0 saturated heterocycles. The highest BCUT2D eigenvalue weighted by atomic mass is 19.4. The average molecular weight is 268 g/mol. The molecule has 0 atom stereocenters. The van der Waals surface area contributed by atoms with E-state index in [1.807, 2.05) is 0 Å². The van der Waals surface area contributed by atoms with Crippen LogP contribution in [0.3, 0.4) is 0 Å². The Morgan fingerprint density at radius 2 is 1.95 bits per heavy atom. The number of carbonyl (C=O) groups excluding carboxylic acids is 1. The van der Waals surface area contributed by atoms with E-state index >= 15 is 0 Å². The van der Waals surface area contributed by atoms with Crippen LogP contribution in [0.4, 0.5) is 13.2 Å². The van der Waals surface area contributed by atoms with E-state index in [0.29, 0.717) is 5.56 Å². The summed E-state index contributed by atoms with van der Waals surface area (Å²) < 4.78 is 41.5. The molecule has 0 radical (unpaired) electrons. The van der Waals surface area contributed by atoms with E-state index in [1.165, 1.54) is 24.3 Å². The SMILES string of the molecule is CCOC(=O)C#C/C=C/c1ccc(C(F)(F)F)cc1. The second-order valence-electron chi connectivity index (χ2n) is 3.44. The van der Waals surface area contributed by atoms with Crippen LogP contribution >= 0.6 is 0 Å². The van der Waals surface area contributed by atoms with Gasteiger partial charge in [-0.25, -0.2) is 4.79 Å². The fourth-order valence-electron chi connectivity index (χ4n) is 1.19. The summed E-state index contributed by atoms with van der Waals surface area (Å²) in [6, 6.07) is 4.62. The Hall–Kier alpha value is -2.22. The fourth-order valence-corrected chi connectivity index (χ4v) is 1.19. The van der Waals surface area contributed by atoms with Crippen molar-refractivity contribution < 1.29 is 22.7 Å². The number of rotatable bonds is 2. The van der Waals surface area contributed by atoms with Crippen molar-refractivity contribution in [1.29, 1.82) is 0 Å². The lowest BCUT2D eigenvalue weighted by atomic mass is 10.1. The number of alkyl halides is 3. The Morgan fingerprint density at radius 3 is 2.47 bits per heavy atom. The topological polar surface area (TPSA) is 26.3 Å². The summed E-state index contributed by atoms with van der Waals surface area (Å²) in [7, 11) is 0. The number of allylic oxidation sites excluding steroid dienone is 1. The number of hydrogen-bond acceptors (Lipinski definition) is 2. The van der Waals surface area contributed by atoms with Crippen LogP contribution in [0, 0.1) is 11.8 Å². The van der Waals surface area contributed by atoms with Gasteiger partial charge in [-0.2, -0.15) is 13.2 Å². The lowest BCUT2D eigenvalue weighted by Gasteiger charge is -2.05. The molecule has 1 rings (SSSR count). The molecular formula is C14H11F3O2. The Morgan fingerprint density at radius 1 is 1.32 bits per heavy atom. The van der Waals surface area contributed by atoms with E-state index in [-0.39, 0.29) is 6.61 Å². The second-order valence-corrected chi connectivity index (χ2v) is 3.44. The Balaban J connectivity index is 2.66. The lowest BCUT2D eigenvalue weighted by molar-refractivity contribution is -0.138. The first kappa shape index (κ1) is 14.8. The van der Waals surface area contributed by atoms with Crippen molar-refractivity contribution in [3.8, 4) is 11.8 Å². The quantitative estimate of drug-likeness (QED) is 0.467. The van der Waals surface area contributed by atoms with Crippen LogP contribution in [0.1, 0.15) is 18.1 Å². The monoisotopic (exact) mass is 268 g/mol. The molecule has 0 fully saturated rings. The highest BCUT2D eigenvalue weighted by molar-refractivity contribution is 5.88. The fraction of sp³-hybridized carbons (Fsp3) is 0.214. The van der Waals surface area contributed by atoms with Gasteiger partial charge in [0.25, 0.3) is 0 Å². The molecule has 0 amide bonds. The summed E-state index contributed by atoms with van der Waals surface area (Å²) >= 11 is 0. The van der Waals surface area contributed by atoms with Gasteiger partial charge in [-0.05, 0) is 36.8 Å². The summed E-state index contributed by atoms with van der Waals surface area (Å²) in [5.41, 5.74) is -0.145. The first-order valence-corrected chi connectivity index (χ1v) is 5.45. The second kappa shape index (κ2) is 6.64. The van der Waals surface area contributed by atoms with Gasteiger partial charge in [-0.1, -0.05) is 18.1 Å². The number of carbonyl (C=O) groups is 1. The molecule has 0 heterocycles. The van der Waals surface area contributed by atoms with Crippen molar-refractivity contribution in [3.63, 3.8) is 0 Å². The smallest absolute Gasteiger partial charge is 0.416 e. The molecule has 100 valence electrons. The van der Waals surface area contributed by atoms with Gasteiger partial charge in [-0.3, -0.25) is 0 Å². The predicted octanol–water partition coefficient (Wildman–Crippen LogP) is 3.29. The molecule has 1 aromatic rings. The minimum absolute atomic E-state index is 0.246. The maximum Gasteiger partial charge on any atom is 0.416 e. The van der Waals surface area contributed by atoms with Gasteiger partial charge in [0.1, 0.15) is 0 Å². The van der Waals surface area contributed by atoms with E-state index in [2.05, 4.69) is 16.6 Å². The van der Waals surface area contributed by atoms with E-state index < -0.39 is 17.7 Å². The highest BCUT2D eigenvalue weighted by Crippen LogP contribution is 2.29. The van der Waals surface area contributed by atoms with Gasteiger partial charge in [0.05, 0.1) is 12.2 Å². The Labute approximate surface area is 108 Å². The van der Waals surface area contributed by atoms with Crippen molar-refractivity contribution in [2.75, 3.05) is 6.61 Å². The molecule has 0 aliphatic heterocycles. The third-order valence-electron chi connectivity index (χ3n) is 2.05. The lowest BCUT2D eigenvalue weighted by Crippen LogP contribution is -2.03. The zero-order valence-electron chi connectivity index (χ0n) is 10.1. The third-order valence-corrected chi connectivity index (χ3v) is 2.05. The zero-order valence-corrected chi connectivity index (χ0v) is 10.1. The van der Waals surface area contributed by atoms with Crippen LogP contribution in [0.15, 0.2) is 30.3 Å². The van der Waals surface area contributed by atoms with Gasteiger partial charge in [0.2, 0.25) is 0 Å². The molecule has 0 aliphatic carbocycles. The summed E-state index contributed by atoms with van der Waals surface area (Å²) in [5, 5.41) is 0. The first-order chi connectivity index (χ1) is 8.93. The maximum absolute atomic E-state index is 12.3.